The number of nitrogens with two attached hydrogens (primary N) is 1. The quantitative estimate of drug-likeness (QED) is 0.754. The fourth-order valence-electron chi connectivity index (χ4n) is 2.21. The molecule has 2 heterocycles. The average molecular weight is 334 g/mol. The summed E-state index contributed by atoms with van der Waals surface area (Å²) in [5.74, 6) is 1.10. The minimum atomic E-state index is -0.0552. The van der Waals surface area contributed by atoms with E-state index in [-0.39, 0.29) is 6.04 Å². The van der Waals surface area contributed by atoms with E-state index in [0.717, 1.165) is 10.9 Å². The number of nitrogen functional groups attached to an aromatic ring is 1. The van der Waals surface area contributed by atoms with E-state index >= 15 is 0 Å². The number of aromatic nitrogens is 3. The molecule has 5 nitrogen and oxygen atoms in total. The van der Waals surface area contributed by atoms with E-state index < -0.39 is 0 Å². The van der Waals surface area contributed by atoms with E-state index in [1.165, 1.54) is 6.33 Å². The van der Waals surface area contributed by atoms with Crippen LogP contribution in [-0.4, -0.2) is 15.0 Å². The molecule has 0 saturated heterocycles. The zero-order valence-corrected chi connectivity index (χ0v) is 13.2. The molecule has 0 saturated carbocycles. The summed E-state index contributed by atoms with van der Waals surface area (Å²) in [4.78, 5) is 12.6. The van der Waals surface area contributed by atoms with Crippen LogP contribution in [0.25, 0.3) is 11.0 Å². The highest BCUT2D eigenvalue weighted by Gasteiger charge is 2.13. The molecule has 7 heteroatoms. The number of halogens is 2. The van der Waals surface area contributed by atoms with Crippen molar-refractivity contribution in [3.63, 3.8) is 0 Å². The van der Waals surface area contributed by atoms with Gasteiger partial charge in [-0.25, -0.2) is 15.0 Å². The summed E-state index contributed by atoms with van der Waals surface area (Å²) in [6.07, 6.45) is 1.45. The summed E-state index contributed by atoms with van der Waals surface area (Å²) < 4.78 is 0. The number of benzene rings is 1. The first kappa shape index (κ1) is 14.8. The van der Waals surface area contributed by atoms with Crippen LogP contribution >= 0.6 is 23.2 Å². The third-order valence-corrected chi connectivity index (χ3v) is 3.86. The fraction of sp³-hybridized carbons (Fsp3) is 0.133. The Hall–Kier alpha value is -2.11. The minimum Gasteiger partial charge on any atom is -0.384 e. The molecule has 0 fully saturated rings. The van der Waals surface area contributed by atoms with Crippen molar-refractivity contribution in [3.05, 3.63) is 52.3 Å². The Kier molecular flexibility index (Phi) is 4.00. The Morgan fingerprint density at radius 1 is 1.14 bits per heavy atom. The highest BCUT2D eigenvalue weighted by molar-refractivity contribution is 6.35. The molecule has 3 rings (SSSR count). The van der Waals surface area contributed by atoms with Crippen LogP contribution in [0.5, 0.6) is 0 Å². The van der Waals surface area contributed by atoms with Crippen molar-refractivity contribution in [3.8, 4) is 0 Å². The molecule has 112 valence electrons. The number of nitrogens with zero attached hydrogens (tertiary/aromatic N) is 3. The largest absolute Gasteiger partial charge is 0.384 e. The van der Waals surface area contributed by atoms with E-state index in [0.29, 0.717) is 27.3 Å². The van der Waals surface area contributed by atoms with E-state index in [1.807, 2.05) is 19.1 Å². The zero-order chi connectivity index (χ0) is 15.7. The lowest BCUT2D eigenvalue weighted by Crippen LogP contribution is -2.09. The number of hydrogen-bond acceptors (Lipinski definition) is 5. The van der Waals surface area contributed by atoms with Crippen molar-refractivity contribution in [2.45, 2.75) is 13.0 Å². The van der Waals surface area contributed by atoms with Crippen LogP contribution in [0, 0.1) is 0 Å². The molecule has 0 amide bonds. The molecule has 0 bridgehead atoms. The topological polar surface area (TPSA) is 76.7 Å². The predicted molar refractivity (Wildman–Crippen MR) is 90.2 cm³/mol. The summed E-state index contributed by atoms with van der Waals surface area (Å²) in [7, 11) is 0. The van der Waals surface area contributed by atoms with E-state index in [9.17, 15) is 0 Å². The molecule has 3 N–H and O–H groups in total. The number of pyridine rings is 1. The third-order valence-electron chi connectivity index (χ3n) is 3.30. The SMILES string of the molecule is C[C@H](Nc1ncnc2nc(N)ccc12)c1ccc(Cl)cc1Cl. The summed E-state index contributed by atoms with van der Waals surface area (Å²) >= 11 is 12.2. The first-order valence-corrected chi connectivity index (χ1v) is 7.39. The maximum atomic E-state index is 6.24. The minimum absolute atomic E-state index is 0.0552. The van der Waals surface area contributed by atoms with Gasteiger partial charge in [0.05, 0.1) is 11.4 Å². The molecule has 0 aliphatic carbocycles. The van der Waals surface area contributed by atoms with Gasteiger partial charge in [-0.2, -0.15) is 0 Å². The van der Waals surface area contributed by atoms with Crippen LogP contribution in [-0.2, 0) is 0 Å². The molecule has 1 atom stereocenters. The molecule has 0 unspecified atom stereocenters. The molecule has 0 spiro atoms. The van der Waals surface area contributed by atoms with Gasteiger partial charge in [-0.1, -0.05) is 29.3 Å². The number of anilines is 2. The van der Waals surface area contributed by atoms with Crippen LogP contribution in [0.3, 0.4) is 0 Å². The maximum Gasteiger partial charge on any atom is 0.166 e. The van der Waals surface area contributed by atoms with Crippen LogP contribution < -0.4 is 11.1 Å². The Bertz CT molecular complexity index is 837. The molecular formula is C15H13Cl2N5. The average Bonchev–Trinajstić information content (AvgIpc) is 2.47. The van der Waals surface area contributed by atoms with Crippen molar-refractivity contribution in [1.82, 2.24) is 15.0 Å². The van der Waals surface area contributed by atoms with Crippen molar-refractivity contribution < 1.29 is 0 Å². The van der Waals surface area contributed by atoms with Gasteiger partial charge in [0.1, 0.15) is 18.0 Å². The summed E-state index contributed by atoms with van der Waals surface area (Å²) in [6, 6.07) is 8.92. The normalized spacial score (nSPS) is 12.3. The Morgan fingerprint density at radius 2 is 1.95 bits per heavy atom. The van der Waals surface area contributed by atoms with Crippen LogP contribution in [0.15, 0.2) is 36.7 Å². The summed E-state index contributed by atoms with van der Waals surface area (Å²) in [5, 5.41) is 5.33. The van der Waals surface area contributed by atoms with Gasteiger partial charge in [0.25, 0.3) is 0 Å². The van der Waals surface area contributed by atoms with Crippen molar-refractivity contribution >= 4 is 45.9 Å². The highest BCUT2D eigenvalue weighted by atomic mass is 35.5. The van der Waals surface area contributed by atoms with Crippen molar-refractivity contribution in [2.24, 2.45) is 0 Å². The van der Waals surface area contributed by atoms with Gasteiger partial charge in [0, 0.05) is 10.0 Å². The molecule has 1 aromatic carbocycles. The second kappa shape index (κ2) is 5.94. The lowest BCUT2D eigenvalue weighted by molar-refractivity contribution is 0.876. The molecule has 2 aromatic heterocycles. The van der Waals surface area contributed by atoms with E-state index in [4.69, 9.17) is 28.9 Å². The van der Waals surface area contributed by atoms with Gasteiger partial charge in [0.2, 0.25) is 0 Å². The Balaban J connectivity index is 1.95. The van der Waals surface area contributed by atoms with Gasteiger partial charge in [-0.05, 0) is 36.8 Å². The third kappa shape index (κ3) is 2.91. The highest BCUT2D eigenvalue weighted by Crippen LogP contribution is 2.29. The van der Waals surface area contributed by atoms with E-state index in [1.54, 1.807) is 18.2 Å². The second-order valence-electron chi connectivity index (χ2n) is 4.86. The maximum absolute atomic E-state index is 6.24. The molecule has 0 aliphatic heterocycles. The van der Waals surface area contributed by atoms with Crippen molar-refractivity contribution in [1.29, 1.82) is 0 Å². The molecular weight excluding hydrogens is 321 g/mol. The molecule has 0 radical (unpaired) electrons. The lowest BCUT2D eigenvalue weighted by atomic mass is 10.1. The molecule has 0 aliphatic rings. The standard InChI is InChI=1S/C15H13Cl2N5/c1-8(10-3-2-9(16)6-12(10)17)21-14-11-4-5-13(18)22-15(11)20-7-19-14/h2-8H,1H3,(H3,18,19,20,21,22)/t8-/m0/s1. The summed E-state index contributed by atoms with van der Waals surface area (Å²) in [5.41, 5.74) is 7.16. The second-order valence-corrected chi connectivity index (χ2v) is 5.71. The fourth-order valence-corrected chi connectivity index (χ4v) is 2.78. The smallest absolute Gasteiger partial charge is 0.166 e. The van der Waals surface area contributed by atoms with Gasteiger partial charge < -0.3 is 11.1 Å². The Morgan fingerprint density at radius 3 is 2.73 bits per heavy atom. The van der Waals surface area contributed by atoms with Crippen molar-refractivity contribution in [2.75, 3.05) is 11.1 Å². The van der Waals surface area contributed by atoms with Crippen LogP contribution in [0.1, 0.15) is 18.5 Å². The van der Waals surface area contributed by atoms with Gasteiger partial charge in [-0.3, -0.25) is 0 Å². The number of rotatable bonds is 3. The van der Waals surface area contributed by atoms with Crippen LogP contribution in [0.2, 0.25) is 10.0 Å². The molecule has 22 heavy (non-hydrogen) atoms. The monoisotopic (exact) mass is 333 g/mol. The van der Waals surface area contributed by atoms with Gasteiger partial charge in [-0.15, -0.1) is 0 Å². The Labute approximate surface area is 137 Å². The van der Waals surface area contributed by atoms with Gasteiger partial charge in [0.15, 0.2) is 5.65 Å². The van der Waals surface area contributed by atoms with E-state index in [2.05, 4.69) is 20.3 Å². The number of fused-ring (bicyclic) bond motifs is 1. The first-order chi connectivity index (χ1) is 10.5. The number of nitrogens with one attached hydrogen (secondary N) is 1. The predicted octanol–water partition coefficient (Wildman–Crippen LogP) is 4.09. The molecule has 3 aromatic rings. The van der Waals surface area contributed by atoms with Gasteiger partial charge >= 0.3 is 0 Å². The zero-order valence-electron chi connectivity index (χ0n) is 11.7. The summed E-state index contributed by atoms with van der Waals surface area (Å²) in [6.45, 7) is 1.99. The van der Waals surface area contributed by atoms with Crippen LogP contribution in [0.4, 0.5) is 11.6 Å². The first-order valence-electron chi connectivity index (χ1n) is 6.63. The lowest BCUT2D eigenvalue weighted by Gasteiger charge is -2.17. The number of hydrogen-bond donors (Lipinski definition) is 2.